The van der Waals surface area contributed by atoms with Gasteiger partial charge in [0, 0.05) is 18.3 Å². The summed E-state index contributed by atoms with van der Waals surface area (Å²) in [7, 11) is 0. The van der Waals surface area contributed by atoms with E-state index in [0.717, 1.165) is 17.8 Å². The zero-order chi connectivity index (χ0) is 15.2. The van der Waals surface area contributed by atoms with Crippen molar-refractivity contribution >= 4 is 11.6 Å². The molecular weight excluding hydrogens is 262 g/mol. The number of nitrogens with one attached hydrogen (secondary N) is 1. The summed E-state index contributed by atoms with van der Waals surface area (Å²) in [5, 5.41) is 3.01. The van der Waals surface area contributed by atoms with Crippen LogP contribution < -0.4 is 11.1 Å². The molecule has 1 aliphatic rings. The molecule has 1 aliphatic carbocycles. The van der Waals surface area contributed by atoms with E-state index in [-0.39, 0.29) is 11.9 Å². The second-order valence-corrected chi connectivity index (χ2v) is 5.83. The summed E-state index contributed by atoms with van der Waals surface area (Å²) in [6.45, 7) is 5.59. The lowest BCUT2D eigenvalue weighted by Gasteiger charge is -2.32. The molecule has 3 N–H and O–H groups in total. The average molecular weight is 289 g/mol. The van der Waals surface area contributed by atoms with Crippen LogP contribution in [0.15, 0.2) is 24.3 Å². The Morgan fingerprint density at radius 3 is 2.48 bits per heavy atom. The zero-order valence-corrected chi connectivity index (χ0v) is 13.1. The normalized spacial score (nSPS) is 17.1. The highest BCUT2D eigenvalue weighted by atomic mass is 16.2. The molecule has 116 valence electrons. The zero-order valence-electron chi connectivity index (χ0n) is 13.1. The highest BCUT2D eigenvalue weighted by Gasteiger charge is 2.28. The second kappa shape index (κ2) is 7.57. The lowest BCUT2D eigenvalue weighted by atomic mass is 10.1. The van der Waals surface area contributed by atoms with Crippen LogP contribution in [-0.2, 0) is 11.3 Å². The van der Waals surface area contributed by atoms with Gasteiger partial charge in [-0.3, -0.25) is 9.69 Å². The molecule has 0 aliphatic heterocycles. The first-order chi connectivity index (χ1) is 10.2. The molecule has 1 unspecified atom stereocenters. The molecule has 2 rings (SSSR count). The van der Waals surface area contributed by atoms with Crippen molar-refractivity contribution in [3.8, 4) is 0 Å². The van der Waals surface area contributed by atoms with E-state index in [9.17, 15) is 4.79 Å². The standard InChI is InChI=1S/C17H27N3O/c1-3-20(16-6-4-5-7-16)13(2)17(21)19-15-10-8-14(12-18)9-11-15/h8-11,13,16H,3-7,12,18H2,1-2H3,(H,19,21). The van der Waals surface area contributed by atoms with Crippen molar-refractivity contribution in [3.63, 3.8) is 0 Å². The van der Waals surface area contributed by atoms with E-state index in [0.29, 0.717) is 12.6 Å². The van der Waals surface area contributed by atoms with Gasteiger partial charge in [-0.05, 0) is 44.0 Å². The third-order valence-electron chi connectivity index (χ3n) is 4.49. The fourth-order valence-corrected chi connectivity index (χ4v) is 3.21. The van der Waals surface area contributed by atoms with E-state index >= 15 is 0 Å². The Kier molecular flexibility index (Phi) is 5.76. The molecule has 1 aromatic carbocycles. The summed E-state index contributed by atoms with van der Waals surface area (Å²) in [4.78, 5) is 14.8. The van der Waals surface area contributed by atoms with Gasteiger partial charge >= 0.3 is 0 Å². The van der Waals surface area contributed by atoms with Crippen molar-refractivity contribution < 1.29 is 4.79 Å². The number of nitrogens with zero attached hydrogens (tertiary/aromatic N) is 1. The van der Waals surface area contributed by atoms with Crippen LogP contribution in [0, 0.1) is 0 Å². The molecular formula is C17H27N3O. The summed E-state index contributed by atoms with van der Waals surface area (Å²) < 4.78 is 0. The number of likely N-dealkylation sites (N-methyl/N-ethyl adjacent to an activating group) is 1. The molecule has 0 heterocycles. The topological polar surface area (TPSA) is 58.4 Å². The maximum absolute atomic E-state index is 12.4. The largest absolute Gasteiger partial charge is 0.326 e. The number of benzene rings is 1. The van der Waals surface area contributed by atoms with Gasteiger partial charge in [0.15, 0.2) is 0 Å². The molecule has 1 amide bonds. The van der Waals surface area contributed by atoms with Gasteiger partial charge in [0.05, 0.1) is 6.04 Å². The lowest BCUT2D eigenvalue weighted by Crippen LogP contribution is -2.46. The van der Waals surface area contributed by atoms with Gasteiger partial charge in [-0.1, -0.05) is 31.9 Å². The monoisotopic (exact) mass is 289 g/mol. The van der Waals surface area contributed by atoms with Gasteiger partial charge < -0.3 is 11.1 Å². The molecule has 4 nitrogen and oxygen atoms in total. The summed E-state index contributed by atoms with van der Waals surface area (Å²) in [6.07, 6.45) is 5.01. The van der Waals surface area contributed by atoms with Gasteiger partial charge in [0.1, 0.15) is 0 Å². The first kappa shape index (κ1) is 16.0. The highest BCUT2D eigenvalue weighted by molar-refractivity contribution is 5.94. The van der Waals surface area contributed by atoms with Crippen molar-refractivity contribution in [2.24, 2.45) is 5.73 Å². The molecule has 1 aromatic rings. The maximum Gasteiger partial charge on any atom is 0.241 e. The molecule has 1 fully saturated rings. The number of hydrogen-bond acceptors (Lipinski definition) is 3. The van der Waals surface area contributed by atoms with Crippen molar-refractivity contribution in [2.45, 2.75) is 58.2 Å². The Balaban J connectivity index is 1.96. The smallest absolute Gasteiger partial charge is 0.241 e. The minimum absolute atomic E-state index is 0.0734. The highest BCUT2D eigenvalue weighted by Crippen LogP contribution is 2.25. The molecule has 0 saturated heterocycles. The molecule has 4 heteroatoms. The Bertz CT molecular complexity index is 452. The number of carbonyl (C=O) groups excluding carboxylic acids is 1. The summed E-state index contributed by atoms with van der Waals surface area (Å²) in [5.41, 5.74) is 7.49. The van der Waals surface area contributed by atoms with Crippen LogP contribution >= 0.6 is 0 Å². The number of rotatable bonds is 6. The number of hydrogen-bond donors (Lipinski definition) is 2. The van der Waals surface area contributed by atoms with Crippen LogP contribution in [0.25, 0.3) is 0 Å². The molecule has 21 heavy (non-hydrogen) atoms. The van der Waals surface area contributed by atoms with Gasteiger partial charge in [0.25, 0.3) is 0 Å². The van der Waals surface area contributed by atoms with E-state index in [1.165, 1.54) is 25.7 Å². The van der Waals surface area contributed by atoms with Crippen LogP contribution in [0.4, 0.5) is 5.69 Å². The minimum atomic E-state index is -0.0905. The predicted octanol–water partition coefficient (Wildman–Crippen LogP) is 2.74. The molecule has 0 aromatic heterocycles. The van der Waals surface area contributed by atoms with Gasteiger partial charge in [-0.25, -0.2) is 0 Å². The minimum Gasteiger partial charge on any atom is -0.326 e. The Labute approximate surface area is 127 Å². The predicted molar refractivity (Wildman–Crippen MR) is 87.1 cm³/mol. The fraction of sp³-hybridized carbons (Fsp3) is 0.588. The first-order valence-corrected chi connectivity index (χ1v) is 8.01. The Hall–Kier alpha value is -1.39. The van der Waals surface area contributed by atoms with Crippen LogP contribution in [-0.4, -0.2) is 29.4 Å². The third kappa shape index (κ3) is 4.05. The van der Waals surface area contributed by atoms with Crippen LogP contribution in [0.1, 0.15) is 45.1 Å². The summed E-state index contributed by atoms with van der Waals surface area (Å²) in [5.74, 6) is 0.0734. The summed E-state index contributed by atoms with van der Waals surface area (Å²) in [6, 6.07) is 8.21. The number of carbonyl (C=O) groups is 1. The van der Waals surface area contributed by atoms with E-state index in [2.05, 4.69) is 17.1 Å². The number of anilines is 1. The van der Waals surface area contributed by atoms with Crippen molar-refractivity contribution in [1.82, 2.24) is 4.90 Å². The van der Waals surface area contributed by atoms with Gasteiger partial charge in [0.2, 0.25) is 5.91 Å². The Morgan fingerprint density at radius 2 is 1.95 bits per heavy atom. The Morgan fingerprint density at radius 1 is 1.33 bits per heavy atom. The number of amides is 1. The SMILES string of the molecule is CCN(C1CCCC1)C(C)C(=O)Nc1ccc(CN)cc1. The molecule has 0 spiro atoms. The average Bonchev–Trinajstić information content (AvgIpc) is 3.02. The molecule has 1 saturated carbocycles. The van der Waals surface area contributed by atoms with E-state index in [1.807, 2.05) is 31.2 Å². The van der Waals surface area contributed by atoms with Crippen molar-refractivity contribution in [3.05, 3.63) is 29.8 Å². The van der Waals surface area contributed by atoms with Crippen LogP contribution in [0.5, 0.6) is 0 Å². The molecule has 0 bridgehead atoms. The van der Waals surface area contributed by atoms with E-state index < -0.39 is 0 Å². The van der Waals surface area contributed by atoms with Crippen LogP contribution in [0.2, 0.25) is 0 Å². The quantitative estimate of drug-likeness (QED) is 0.846. The van der Waals surface area contributed by atoms with E-state index in [1.54, 1.807) is 0 Å². The first-order valence-electron chi connectivity index (χ1n) is 8.01. The molecule has 0 radical (unpaired) electrons. The van der Waals surface area contributed by atoms with Crippen LogP contribution in [0.3, 0.4) is 0 Å². The van der Waals surface area contributed by atoms with Gasteiger partial charge in [-0.2, -0.15) is 0 Å². The van der Waals surface area contributed by atoms with Crippen molar-refractivity contribution in [2.75, 3.05) is 11.9 Å². The van der Waals surface area contributed by atoms with Gasteiger partial charge in [-0.15, -0.1) is 0 Å². The third-order valence-corrected chi connectivity index (χ3v) is 4.49. The summed E-state index contributed by atoms with van der Waals surface area (Å²) >= 11 is 0. The van der Waals surface area contributed by atoms with E-state index in [4.69, 9.17) is 5.73 Å². The fourth-order valence-electron chi connectivity index (χ4n) is 3.21. The molecule has 1 atom stereocenters. The van der Waals surface area contributed by atoms with Crippen molar-refractivity contribution in [1.29, 1.82) is 0 Å². The second-order valence-electron chi connectivity index (χ2n) is 5.83. The number of nitrogens with two attached hydrogens (primary N) is 1. The lowest BCUT2D eigenvalue weighted by molar-refractivity contribution is -0.121. The maximum atomic E-state index is 12.4.